The van der Waals surface area contributed by atoms with E-state index in [-0.39, 0.29) is 18.5 Å². The van der Waals surface area contributed by atoms with Crippen molar-refractivity contribution in [2.45, 2.75) is 44.7 Å². The summed E-state index contributed by atoms with van der Waals surface area (Å²) in [6.45, 7) is 0.0747. The number of nitrogens with zero attached hydrogens (tertiary/aromatic N) is 3. The van der Waals surface area contributed by atoms with Crippen molar-refractivity contribution in [1.29, 1.82) is 0 Å². The third kappa shape index (κ3) is 4.90. The van der Waals surface area contributed by atoms with Crippen molar-refractivity contribution < 1.29 is 9.59 Å². The van der Waals surface area contributed by atoms with Crippen molar-refractivity contribution in [3.05, 3.63) is 81.8 Å². The van der Waals surface area contributed by atoms with Gasteiger partial charge in [-0.15, -0.1) is 0 Å². The number of benzene rings is 3. The SMILES string of the molecule is NC(=O)Cn1cc(C=C2SC(=Nc3ccc4ccccc4c3)N(C3CCCCC3)C2=O)c2cc(Br)ccc21. The number of primary amides is 1. The van der Waals surface area contributed by atoms with Gasteiger partial charge in [-0.25, -0.2) is 4.99 Å². The van der Waals surface area contributed by atoms with Gasteiger partial charge in [0.25, 0.3) is 5.91 Å². The molecule has 2 fully saturated rings. The molecular formula is C30H27BrN4O2S. The first-order chi connectivity index (χ1) is 18.5. The molecule has 0 spiro atoms. The van der Waals surface area contributed by atoms with Gasteiger partial charge in [-0.05, 0) is 71.8 Å². The highest BCUT2D eigenvalue weighted by Gasteiger charge is 2.38. The molecule has 2 heterocycles. The number of fused-ring (bicyclic) bond motifs is 2. The van der Waals surface area contributed by atoms with Crippen LogP contribution in [0.15, 0.2) is 81.2 Å². The number of nitrogens with two attached hydrogens (primary N) is 1. The van der Waals surface area contributed by atoms with Crippen LogP contribution in [0.3, 0.4) is 0 Å². The number of carbonyl (C=O) groups excluding carboxylic acids is 2. The maximum absolute atomic E-state index is 13.9. The van der Waals surface area contributed by atoms with Gasteiger partial charge >= 0.3 is 0 Å². The van der Waals surface area contributed by atoms with Gasteiger partial charge in [-0.1, -0.05) is 65.5 Å². The summed E-state index contributed by atoms with van der Waals surface area (Å²) in [6.07, 6.45) is 9.25. The normalized spacial score (nSPS) is 18.9. The topological polar surface area (TPSA) is 80.7 Å². The molecule has 2 aliphatic rings. The number of hydrogen-bond donors (Lipinski definition) is 1. The van der Waals surface area contributed by atoms with Crippen LogP contribution in [0.4, 0.5) is 5.69 Å². The van der Waals surface area contributed by atoms with E-state index >= 15 is 0 Å². The summed E-state index contributed by atoms with van der Waals surface area (Å²) in [5.41, 5.74) is 8.10. The number of carbonyl (C=O) groups is 2. The van der Waals surface area contributed by atoms with Crippen LogP contribution in [0.5, 0.6) is 0 Å². The lowest BCUT2D eigenvalue weighted by Gasteiger charge is -2.30. The second-order valence-electron chi connectivity index (χ2n) is 9.84. The van der Waals surface area contributed by atoms with Crippen LogP contribution in [0.25, 0.3) is 27.8 Å². The van der Waals surface area contributed by atoms with Gasteiger partial charge in [0, 0.05) is 33.2 Å². The van der Waals surface area contributed by atoms with E-state index < -0.39 is 5.91 Å². The maximum Gasteiger partial charge on any atom is 0.267 e. The number of amidine groups is 1. The zero-order valence-corrected chi connectivity index (χ0v) is 23.2. The molecule has 38 heavy (non-hydrogen) atoms. The van der Waals surface area contributed by atoms with Gasteiger partial charge in [0.1, 0.15) is 6.54 Å². The zero-order chi connectivity index (χ0) is 26.2. The molecule has 3 aromatic carbocycles. The zero-order valence-electron chi connectivity index (χ0n) is 20.8. The quantitative estimate of drug-likeness (QED) is 0.256. The molecule has 0 unspecified atom stereocenters. The lowest BCUT2D eigenvalue weighted by Crippen LogP contribution is -2.40. The lowest BCUT2D eigenvalue weighted by molar-refractivity contribution is -0.124. The average molecular weight is 588 g/mol. The second-order valence-corrected chi connectivity index (χ2v) is 11.8. The molecule has 1 aliphatic carbocycles. The summed E-state index contributed by atoms with van der Waals surface area (Å²) in [5, 5.41) is 3.96. The third-order valence-electron chi connectivity index (χ3n) is 7.22. The minimum atomic E-state index is -0.413. The van der Waals surface area contributed by atoms with E-state index in [0.29, 0.717) is 4.91 Å². The van der Waals surface area contributed by atoms with Crippen molar-refractivity contribution in [3.63, 3.8) is 0 Å². The highest BCUT2D eigenvalue weighted by Crippen LogP contribution is 2.40. The lowest BCUT2D eigenvalue weighted by atomic mass is 9.94. The average Bonchev–Trinajstić information content (AvgIpc) is 3.40. The van der Waals surface area contributed by atoms with Gasteiger partial charge in [-0.2, -0.15) is 0 Å². The standard InChI is InChI=1S/C30H27BrN4O2S/c31-22-11-13-26-25(16-22)21(17-34(26)18-28(32)36)15-27-29(37)35(24-8-2-1-3-9-24)30(38-27)33-23-12-10-19-6-4-5-7-20(19)14-23/h4-7,10-17,24H,1-3,8-9,18H2,(H2,32,36). The summed E-state index contributed by atoms with van der Waals surface area (Å²) in [7, 11) is 0. The summed E-state index contributed by atoms with van der Waals surface area (Å²) in [6, 6.07) is 20.4. The molecule has 2 N–H and O–H groups in total. The van der Waals surface area contributed by atoms with E-state index in [4.69, 9.17) is 10.7 Å². The van der Waals surface area contributed by atoms with E-state index in [0.717, 1.165) is 68.2 Å². The number of aromatic nitrogens is 1. The third-order valence-corrected chi connectivity index (χ3v) is 8.70. The van der Waals surface area contributed by atoms with Crippen LogP contribution in [0.1, 0.15) is 37.7 Å². The summed E-state index contributed by atoms with van der Waals surface area (Å²) < 4.78 is 2.76. The molecule has 8 heteroatoms. The van der Waals surface area contributed by atoms with Crippen molar-refractivity contribution >= 4 is 78.1 Å². The van der Waals surface area contributed by atoms with Crippen molar-refractivity contribution in [2.75, 3.05) is 0 Å². The van der Waals surface area contributed by atoms with Crippen molar-refractivity contribution in [2.24, 2.45) is 10.7 Å². The Labute approximate surface area is 233 Å². The Morgan fingerprint density at radius 2 is 1.84 bits per heavy atom. The number of amides is 2. The smallest absolute Gasteiger partial charge is 0.267 e. The van der Waals surface area contributed by atoms with E-state index in [9.17, 15) is 9.59 Å². The predicted octanol–water partition coefficient (Wildman–Crippen LogP) is 6.98. The fourth-order valence-corrected chi connectivity index (χ4v) is 6.85. The number of aliphatic imine (C=N–C) groups is 1. The minimum absolute atomic E-state index is 0.00719. The molecule has 1 saturated heterocycles. The van der Waals surface area contributed by atoms with Crippen LogP contribution < -0.4 is 5.73 Å². The highest BCUT2D eigenvalue weighted by atomic mass is 79.9. The first-order valence-electron chi connectivity index (χ1n) is 12.8. The monoisotopic (exact) mass is 586 g/mol. The first kappa shape index (κ1) is 24.9. The maximum atomic E-state index is 13.9. The number of hydrogen-bond acceptors (Lipinski definition) is 4. The Balaban J connectivity index is 1.43. The van der Waals surface area contributed by atoms with Crippen LogP contribution in [0.2, 0.25) is 0 Å². The fraction of sp³-hybridized carbons (Fsp3) is 0.233. The van der Waals surface area contributed by atoms with Gasteiger partial charge in [-0.3, -0.25) is 14.5 Å². The molecule has 0 atom stereocenters. The molecule has 6 rings (SSSR count). The number of thioether (sulfide) groups is 1. The summed E-state index contributed by atoms with van der Waals surface area (Å²) in [4.78, 5) is 33.1. The largest absolute Gasteiger partial charge is 0.368 e. The molecule has 0 radical (unpaired) electrons. The highest BCUT2D eigenvalue weighted by molar-refractivity contribution is 9.10. The molecule has 1 aliphatic heterocycles. The Morgan fingerprint density at radius 1 is 1.05 bits per heavy atom. The van der Waals surface area contributed by atoms with Crippen LogP contribution in [-0.4, -0.2) is 32.5 Å². The van der Waals surface area contributed by atoms with Gasteiger partial charge in [0.2, 0.25) is 5.91 Å². The summed E-state index contributed by atoms with van der Waals surface area (Å²) >= 11 is 4.98. The predicted molar refractivity (Wildman–Crippen MR) is 159 cm³/mol. The number of halogens is 1. The van der Waals surface area contributed by atoms with Gasteiger partial charge in [0.05, 0.1) is 10.6 Å². The Morgan fingerprint density at radius 3 is 2.63 bits per heavy atom. The fourth-order valence-electron chi connectivity index (χ4n) is 5.43. The Kier molecular flexibility index (Phi) is 6.84. The molecular weight excluding hydrogens is 560 g/mol. The Bertz CT molecular complexity index is 1630. The van der Waals surface area contributed by atoms with E-state index in [2.05, 4.69) is 40.2 Å². The molecule has 192 valence electrons. The van der Waals surface area contributed by atoms with Gasteiger partial charge < -0.3 is 10.3 Å². The van der Waals surface area contributed by atoms with Crippen LogP contribution in [-0.2, 0) is 16.1 Å². The molecule has 1 saturated carbocycles. The summed E-state index contributed by atoms with van der Waals surface area (Å²) in [5.74, 6) is -0.421. The number of rotatable bonds is 5. The molecule has 2 amide bonds. The molecule has 1 aromatic heterocycles. The first-order valence-corrected chi connectivity index (χ1v) is 14.4. The molecule has 4 aromatic rings. The molecule has 6 nitrogen and oxygen atoms in total. The van der Waals surface area contributed by atoms with Crippen molar-refractivity contribution in [3.8, 4) is 0 Å². The second kappa shape index (κ2) is 10.4. The van der Waals surface area contributed by atoms with Crippen molar-refractivity contribution in [1.82, 2.24) is 9.47 Å². The van der Waals surface area contributed by atoms with E-state index in [1.165, 1.54) is 18.2 Å². The Hall–Kier alpha value is -3.36. The van der Waals surface area contributed by atoms with Crippen LogP contribution in [0, 0.1) is 0 Å². The van der Waals surface area contributed by atoms with E-state index in [1.54, 1.807) is 0 Å². The molecule has 0 bridgehead atoms. The van der Waals surface area contributed by atoms with E-state index in [1.807, 2.05) is 58.1 Å². The van der Waals surface area contributed by atoms with Gasteiger partial charge in [0.15, 0.2) is 5.17 Å². The van der Waals surface area contributed by atoms with Crippen LogP contribution >= 0.6 is 27.7 Å². The minimum Gasteiger partial charge on any atom is -0.368 e.